The zero-order valence-electron chi connectivity index (χ0n) is 70.9. The molecule has 16 rings (SSSR count). The fourth-order valence-corrected chi connectivity index (χ4v) is 16.3. The summed E-state index contributed by atoms with van der Waals surface area (Å²) in [5.74, 6) is -3.23. The van der Waals surface area contributed by atoms with Gasteiger partial charge in [-0.05, 0) is 146 Å². The minimum atomic E-state index is -4.67. The van der Waals surface area contributed by atoms with Gasteiger partial charge in [0.05, 0.1) is 93.5 Å². The smallest absolute Gasteiger partial charge is 0.394 e. The topological polar surface area (TPSA) is 415 Å². The van der Waals surface area contributed by atoms with Gasteiger partial charge >= 0.3 is 10.4 Å². The fourth-order valence-electron chi connectivity index (χ4n) is 12.6. The van der Waals surface area contributed by atoms with Gasteiger partial charge in [0.1, 0.15) is 41.7 Å². The number of carboxylic acids is 1. The van der Waals surface area contributed by atoms with Gasteiger partial charge in [-0.3, -0.25) is 22.5 Å². The molecule has 0 aromatic heterocycles. The van der Waals surface area contributed by atoms with Gasteiger partial charge in [0.15, 0.2) is 11.6 Å². The normalized spacial score (nSPS) is 14.1. The number of ether oxygens (including phenoxy) is 5. The number of nitrogens with two attached hydrogens (primary N) is 1. The first-order chi connectivity index (χ1) is 61.7. The average Bonchev–Trinajstić information content (AvgIpc) is 0.861. The van der Waals surface area contributed by atoms with Crippen molar-refractivity contribution in [1.29, 1.82) is 21.0 Å². The summed E-state index contributed by atoms with van der Waals surface area (Å²) in [7, 11) is -10.9. The second kappa shape index (κ2) is 54.2. The maximum absolute atomic E-state index is 13.7. The van der Waals surface area contributed by atoms with Crippen LogP contribution in [0.4, 0.5) is 41.6 Å². The number of nitriles is 4. The van der Waals surface area contributed by atoms with Crippen molar-refractivity contribution in [1.82, 2.24) is 5.32 Å². The molecule has 2 spiro atoms. The maximum atomic E-state index is 13.7. The van der Waals surface area contributed by atoms with E-state index in [-0.39, 0.29) is 68.3 Å². The first kappa shape index (κ1) is 106. The number of rotatable bonds is 15. The summed E-state index contributed by atoms with van der Waals surface area (Å²) in [5.41, 5.74) is 12.3. The molecule has 7 N–H and O–H groups in total. The standard InChI is InChI=1S/C27H27N3O4S.C20H15FN2O2S.C14H11FN2.C7H5FN2.C7H13NO2.C7H8.C6H5ClO2S.C4H8O.C2H4O2.ClH.H2O4S/c28-20-23-19-24(11-12-26(23)29-15-13-27(14-16-29)33-17-18-34-27)30(21-22-7-3-1-4-8-22)35(31,32)25-9-5-2-6-10-25;21-20-12-11-18(13-17(20)14-22)23(15-16-7-3-1-4-8-16)26(24,25)19-9-5-2-6-10-19;15-14-7-6-13(8-12(14)9-16)17-10-11-4-2-1-3-5-11;8-7-2-1-6(10)3-5(7)4-9;1-3-8-4-2-7(1)9-5-6-10-7;1-7-5-3-2-4-6-7;7-10(8,9)6-4-2-1-3-5-6;1-2-4-5-3-1;1-2(3)4;;1-5(2,3)4/h1-12,19H,13-18,21H2;1-13H,15H2;1-8,17H,10H2;1-3H,10H2;8H,1-6H2;2-6H,1H3;1-5H;1-4H2;1H3,(H,3,4);1H;(H2,1,2,3,4). The first-order valence-electron chi connectivity index (χ1n) is 40.1. The molecule has 0 radical (unpaired) electrons. The van der Waals surface area contributed by atoms with E-state index in [0.717, 1.165) is 106 Å². The minimum absolute atomic E-state index is 0. The molecular formula is C94H99Cl2F3N10O17S4. The van der Waals surface area contributed by atoms with E-state index in [4.69, 9.17) is 83.3 Å². The van der Waals surface area contributed by atoms with Gasteiger partial charge in [-0.15, -0.1) is 12.4 Å². The van der Waals surface area contributed by atoms with Crippen molar-refractivity contribution < 1.29 is 89.5 Å². The summed E-state index contributed by atoms with van der Waals surface area (Å²) in [5, 5.41) is 49.9. The molecule has 0 bridgehead atoms. The Morgan fingerprint density at radius 1 is 0.477 bits per heavy atom. The first-order valence-corrected chi connectivity index (χ1v) is 46.7. The number of sulfonamides is 2. The molecular weight excluding hydrogens is 1800 g/mol. The van der Waals surface area contributed by atoms with Crippen LogP contribution in [0, 0.1) is 69.7 Å². The van der Waals surface area contributed by atoms with Gasteiger partial charge < -0.3 is 50.1 Å². The SMILES string of the molecule is C1CC2(CCN1)OCCO2.C1CCOC1.CC(=O)O.Cc1ccccc1.Cl.N#Cc1cc(N(Cc2ccccc2)S(=O)(=O)c2ccccc2)ccc1F.N#Cc1cc(N(Cc2ccccc2)S(=O)(=O)c2ccccc2)ccc1N1CCC2(CC1)OCCO2.N#Cc1cc(N)ccc1F.N#Cc1cc(NCc2ccccc2)ccc1F.O=S(=O)(Cl)c1ccccc1.O=S(=O)(O)O. The van der Waals surface area contributed by atoms with Crippen LogP contribution in [0.25, 0.3) is 0 Å². The number of nitrogen functional groups attached to an aromatic ring is 1. The molecule has 5 heterocycles. The van der Waals surface area contributed by atoms with Gasteiger partial charge in [-0.25, -0.2) is 38.4 Å². The highest BCUT2D eigenvalue weighted by molar-refractivity contribution is 8.13. The highest BCUT2D eigenvalue weighted by Gasteiger charge is 2.41. The summed E-state index contributed by atoms with van der Waals surface area (Å²) in [6.45, 7) is 12.3. The molecule has 5 fully saturated rings. The van der Waals surface area contributed by atoms with E-state index < -0.39 is 68.7 Å². The molecule has 0 aliphatic carbocycles. The molecule has 0 unspecified atom stereocenters. The lowest BCUT2D eigenvalue weighted by molar-refractivity contribution is -0.172. The number of halogens is 5. The van der Waals surface area contributed by atoms with Crippen LogP contribution in [0.2, 0.25) is 0 Å². The molecule has 36 heteroatoms. The Bertz CT molecular complexity index is 5960. The Morgan fingerprint density at radius 3 is 1.18 bits per heavy atom. The third kappa shape index (κ3) is 36.7. The third-order valence-electron chi connectivity index (χ3n) is 18.9. The number of piperidine rings is 2. The Morgan fingerprint density at radius 2 is 0.815 bits per heavy atom. The van der Waals surface area contributed by atoms with Crippen molar-refractivity contribution >= 4 is 97.0 Å². The molecule has 5 aliphatic heterocycles. The van der Waals surface area contributed by atoms with Crippen molar-refractivity contribution in [3.05, 3.63) is 347 Å². The Balaban J connectivity index is 0.000000241. The number of nitrogens with zero attached hydrogens (tertiary/aromatic N) is 7. The quantitative estimate of drug-likeness (QED) is 0.0315. The van der Waals surface area contributed by atoms with E-state index >= 15 is 0 Å². The zero-order chi connectivity index (χ0) is 93.7. The average molecular weight is 1900 g/mol. The number of benzene rings is 11. The number of aryl methyl sites for hydroxylation is 1. The van der Waals surface area contributed by atoms with E-state index in [2.05, 4.69) is 40.7 Å². The van der Waals surface area contributed by atoms with Crippen LogP contribution in [-0.4, -0.2) is 131 Å². The number of carbonyl (C=O) groups is 1. The summed E-state index contributed by atoms with van der Waals surface area (Å²) in [6, 6.07) is 87.8. The highest BCUT2D eigenvalue weighted by atomic mass is 35.7. The fraction of sp³-hybridized carbons (Fsp3) is 0.245. The van der Waals surface area contributed by atoms with Crippen molar-refractivity contribution in [2.45, 2.75) is 98.3 Å². The molecule has 11 aromatic rings. The second-order valence-corrected chi connectivity index (χ2v) is 35.5. The largest absolute Gasteiger partial charge is 0.481 e. The Hall–Kier alpha value is -12.3. The van der Waals surface area contributed by atoms with Gasteiger partial charge in [0, 0.05) is 101 Å². The monoisotopic (exact) mass is 1890 g/mol. The molecule has 130 heavy (non-hydrogen) atoms. The van der Waals surface area contributed by atoms with E-state index in [1.54, 1.807) is 97.1 Å². The lowest BCUT2D eigenvalue weighted by Crippen LogP contribution is -2.45. The van der Waals surface area contributed by atoms with E-state index in [0.29, 0.717) is 49.8 Å². The van der Waals surface area contributed by atoms with Crippen LogP contribution in [0.15, 0.2) is 300 Å². The predicted molar refractivity (Wildman–Crippen MR) is 493 cm³/mol. The van der Waals surface area contributed by atoms with Crippen molar-refractivity contribution in [2.24, 2.45) is 0 Å². The molecule has 5 aliphatic rings. The summed E-state index contributed by atoms with van der Waals surface area (Å²) in [6.07, 6.45) is 6.02. The van der Waals surface area contributed by atoms with Crippen LogP contribution in [-0.2, 0) is 87.6 Å². The van der Waals surface area contributed by atoms with Crippen molar-refractivity contribution in [3.63, 3.8) is 0 Å². The van der Waals surface area contributed by atoms with E-state index in [9.17, 15) is 43.7 Å². The number of hydrogen-bond acceptors (Lipinski definition) is 22. The Kier molecular flexibility index (Phi) is 44.4. The second-order valence-electron chi connectivity index (χ2n) is 28.4. The van der Waals surface area contributed by atoms with Gasteiger partial charge in [0.25, 0.3) is 35.1 Å². The number of hydrogen-bond donors (Lipinski definition) is 6. The molecule has 0 amide bonds. The molecule has 0 saturated carbocycles. The minimum Gasteiger partial charge on any atom is -0.481 e. The number of aliphatic carboxylic acids is 1. The van der Waals surface area contributed by atoms with Crippen molar-refractivity contribution in [3.8, 4) is 24.3 Å². The number of anilines is 5. The summed E-state index contributed by atoms with van der Waals surface area (Å²) >= 11 is 0. The lowest BCUT2D eigenvalue weighted by Gasteiger charge is -2.39. The molecule has 686 valence electrons. The summed E-state index contributed by atoms with van der Waals surface area (Å²) in [4.78, 5) is 11.6. The maximum Gasteiger partial charge on any atom is 0.394 e. The van der Waals surface area contributed by atoms with Crippen LogP contribution in [0.1, 0.15) is 90.0 Å². The Labute approximate surface area is 767 Å². The summed E-state index contributed by atoms with van der Waals surface area (Å²) < 4.78 is 176. The van der Waals surface area contributed by atoms with E-state index in [1.807, 2.05) is 121 Å². The molecule has 27 nitrogen and oxygen atoms in total. The lowest BCUT2D eigenvalue weighted by atomic mass is 10.0. The van der Waals surface area contributed by atoms with Crippen LogP contribution in [0.5, 0.6) is 0 Å². The zero-order valence-corrected chi connectivity index (χ0v) is 75.7. The molecule has 0 atom stereocenters. The van der Waals surface area contributed by atoms with Crippen molar-refractivity contribution in [2.75, 3.05) is 90.4 Å². The van der Waals surface area contributed by atoms with Crippen LogP contribution in [0.3, 0.4) is 0 Å². The van der Waals surface area contributed by atoms with Crippen LogP contribution >= 0.6 is 23.1 Å². The van der Waals surface area contributed by atoms with Gasteiger partial charge in [-0.1, -0.05) is 181 Å². The van der Waals surface area contributed by atoms with Gasteiger partial charge in [0.2, 0.25) is 0 Å². The molecule has 11 aromatic carbocycles. The molecule has 5 saturated heterocycles. The number of nitrogens with one attached hydrogen (secondary N) is 2. The number of carboxylic acid groups (broad SMARTS) is 1. The highest BCUT2D eigenvalue weighted by Crippen LogP contribution is 2.37. The van der Waals surface area contributed by atoms with E-state index in [1.165, 1.54) is 93.7 Å². The predicted octanol–water partition coefficient (Wildman–Crippen LogP) is 17.4. The van der Waals surface area contributed by atoms with Crippen LogP contribution < -0.4 is 29.9 Å². The third-order valence-corrected chi connectivity index (χ3v) is 23.9. The van der Waals surface area contributed by atoms with Gasteiger partial charge in [-0.2, -0.15) is 29.5 Å².